The molecule has 0 saturated carbocycles. The number of aliphatic hydroxyl groups excluding tert-OH is 1. The Bertz CT molecular complexity index is 778. The first kappa shape index (κ1) is 23.3. The normalized spacial score (nSPS) is 18.3. The molecule has 0 saturated heterocycles. The third-order valence-corrected chi connectivity index (χ3v) is 5.58. The van der Waals surface area contributed by atoms with Crippen LogP contribution in [0.2, 0.25) is 0 Å². The van der Waals surface area contributed by atoms with E-state index in [0.717, 1.165) is 24.4 Å². The Morgan fingerprint density at radius 1 is 1.38 bits per heavy atom. The van der Waals surface area contributed by atoms with Gasteiger partial charge in [0, 0.05) is 30.1 Å². The molecule has 0 bridgehead atoms. The zero-order chi connectivity index (χ0) is 21.4. The van der Waals surface area contributed by atoms with E-state index in [-0.39, 0.29) is 34.3 Å². The van der Waals surface area contributed by atoms with Crippen LogP contribution in [-0.2, 0) is 15.8 Å². The number of oxime groups is 1. The molecule has 1 atom stereocenters. The molecule has 5 nitrogen and oxygen atoms in total. The summed E-state index contributed by atoms with van der Waals surface area (Å²) in [7, 11) is 0. The molecule has 0 aromatic carbocycles. The van der Waals surface area contributed by atoms with Gasteiger partial charge in [0.15, 0.2) is 5.78 Å². The highest BCUT2D eigenvalue weighted by molar-refractivity contribution is 7.99. The Morgan fingerprint density at radius 3 is 2.76 bits per heavy atom. The molecule has 1 aromatic heterocycles. The minimum atomic E-state index is -4.46. The number of Topliss-reactive ketones (excluding diaryl/α,β-unsaturated/α-hetero) is 1. The summed E-state index contributed by atoms with van der Waals surface area (Å²) >= 11 is 1.08. The highest BCUT2D eigenvalue weighted by atomic mass is 32.2. The van der Waals surface area contributed by atoms with Crippen molar-refractivity contribution in [1.29, 1.82) is 0 Å². The fraction of sp³-hybridized carbons (Fsp3) is 0.550. The number of carbonyl (C=O) groups is 1. The van der Waals surface area contributed by atoms with Gasteiger partial charge in [-0.1, -0.05) is 18.5 Å². The van der Waals surface area contributed by atoms with Gasteiger partial charge in [-0.25, -0.2) is 0 Å². The molecule has 29 heavy (non-hydrogen) atoms. The van der Waals surface area contributed by atoms with Gasteiger partial charge in [0.25, 0.3) is 0 Å². The number of hydrogen-bond donors (Lipinski definition) is 1. The van der Waals surface area contributed by atoms with Gasteiger partial charge in [-0.15, -0.1) is 11.8 Å². The van der Waals surface area contributed by atoms with E-state index in [1.54, 1.807) is 6.92 Å². The van der Waals surface area contributed by atoms with Crippen LogP contribution < -0.4 is 0 Å². The fourth-order valence-corrected chi connectivity index (χ4v) is 4.31. The number of alkyl halides is 3. The lowest BCUT2D eigenvalue weighted by Gasteiger charge is -2.24. The largest absolute Gasteiger partial charge is 0.511 e. The van der Waals surface area contributed by atoms with E-state index in [0.29, 0.717) is 37.3 Å². The Kier molecular flexibility index (Phi) is 8.55. The number of allylic oxidation sites excluding steroid dienone is 2. The minimum absolute atomic E-state index is 0.0111. The number of nitrogens with zero attached hydrogens (tertiary/aromatic N) is 2. The van der Waals surface area contributed by atoms with Crippen molar-refractivity contribution in [3.05, 3.63) is 35.4 Å². The predicted octanol–water partition coefficient (Wildman–Crippen LogP) is 5.57. The lowest BCUT2D eigenvalue weighted by atomic mass is 9.83. The second-order valence-electron chi connectivity index (χ2n) is 6.73. The monoisotopic (exact) mass is 430 g/mol. The van der Waals surface area contributed by atoms with Gasteiger partial charge in [-0.2, -0.15) is 13.2 Å². The first-order valence-corrected chi connectivity index (χ1v) is 10.5. The zero-order valence-corrected chi connectivity index (χ0v) is 17.3. The molecule has 1 aromatic rings. The maximum absolute atomic E-state index is 13.0. The van der Waals surface area contributed by atoms with Crippen LogP contribution in [0.3, 0.4) is 0 Å². The molecule has 1 aliphatic rings. The maximum Gasteiger partial charge on any atom is 0.418 e. The Balaban J connectivity index is 2.02. The predicted molar refractivity (Wildman–Crippen MR) is 106 cm³/mol. The Labute approximate surface area is 172 Å². The molecule has 2 rings (SSSR count). The summed E-state index contributed by atoms with van der Waals surface area (Å²) < 4.78 is 39.1. The molecular weight excluding hydrogens is 405 g/mol. The number of halogens is 3. The number of carbonyl (C=O) groups excluding carboxylic acids is 1. The SMILES string of the molecule is CCCC(=NOCC)C1=C(O)CC(CCSc2ccncc2C(F)(F)F)CC1=O. The van der Waals surface area contributed by atoms with Crippen molar-refractivity contribution in [3.8, 4) is 0 Å². The van der Waals surface area contributed by atoms with E-state index in [4.69, 9.17) is 4.84 Å². The van der Waals surface area contributed by atoms with E-state index in [1.165, 1.54) is 12.3 Å². The standard InChI is InChI=1S/C20H25F3N2O3S/c1-3-5-15(25-28-4-2)19-16(26)10-13(11-17(19)27)7-9-29-18-6-8-24-12-14(18)20(21,22)23/h6,8,12-13,26H,3-5,7,9-11H2,1-2H3. The quantitative estimate of drug-likeness (QED) is 0.315. The number of thioether (sulfide) groups is 1. The van der Waals surface area contributed by atoms with Crippen LogP contribution in [0.5, 0.6) is 0 Å². The Morgan fingerprint density at radius 2 is 2.14 bits per heavy atom. The van der Waals surface area contributed by atoms with Crippen molar-refractivity contribution < 1.29 is 27.9 Å². The topological polar surface area (TPSA) is 71.8 Å². The van der Waals surface area contributed by atoms with Gasteiger partial charge < -0.3 is 9.94 Å². The van der Waals surface area contributed by atoms with E-state index in [9.17, 15) is 23.1 Å². The molecule has 1 N–H and O–H groups in total. The summed E-state index contributed by atoms with van der Waals surface area (Å²) in [5.74, 6) is 0.0752. The first-order valence-electron chi connectivity index (χ1n) is 9.56. The summed E-state index contributed by atoms with van der Waals surface area (Å²) in [6.45, 7) is 4.09. The fourth-order valence-electron chi connectivity index (χ4n) is 3.16. The second kappa shape index (κ2) is 10.7. The molecule has 0 amide bonds. The molecule has 1 heterocycles. The molecule has 0 spiro atoms. The summed E-state index contributed by atoms with van der Waals surface area (Å²) in [4.78, 5) is 21.3. The van der Waals surface area contributed by atoms with Crippen molar-refractivity contribution in [1.82, 2.24) is 4.98 Å². The van der Waals surface area contributed by atoms with E-state index < -0.39 is 11.7 Å². The minimum Gasteiger partial charge on any atom is -0.511 e. The number of pyridine rings is 1. The van der Waals surface area contributed by atoms with Crippen LogP contribution in [-0.4, -0.2) is 33.9 Å². The molecule has 0 radical (unpaired) electrons. The third-order valence-electron chi connectivity index (χ3n) is 4.47. The van der Waals surface area contributed by atoms with Crippen LogP contribution in [0, 0.1) is 5.92 Å². The summed E-state index contributed by atoms with van der Waals surface area (Å²) in [5, 5.41) is 14.4. The van der Waals surface area contributed by atoms with E-state index in [1.807, 2.05) is 6.92 Å². The van der Waals surface area contributed by atoms with Gasteiger partial charge >= 0.3 is 6.18 Å². The van der Waals surface area contributed by atoms with Crippen molar-refractivity contribution >= 4 is 23.3 Å². The number of hydrogen-bond acceptors (Lipinski definition) is 6. The summed E-state index contributed by atoms with van der Waals surface area (Å²) in [5.41, 5.74) is -0.0694. The van der Waals surface area contributed by atoms with Crippen LogP contribution >= 0.6 is 11.8 Å². The van der Waals surface area contributed by atoms with Crippen LogP contribution in [0.15, 0.2) is 39.8 Å². The zero-order valence-electron chi connectivity index (χ0n) is 16.5. The molecular formula is C20H25F3N2O3S. The summed E-state index contributed by atoms with van der Waals surface area (Å²) in [6.07, 6.45) is 0.0193. The average molecular weight is 430 g/mol. The molecule has 1 aliphatic carbocycles. The lowest BCUT2D eigenvalue weighted by molar-refractivity contribution is -0.140. The van der Waals surface area contributed by atoms with Gasteiger partial charge in [0.2, 0.25) is 0 Å². The van der Waals surface area contributed by atoms with Gasteiger partial charge in [0.1, 0.15) is 12.4 Å². The van der Waals surface area contributed by atoms with Gasteiger partial charge in [0.05, 0.1) is 16.8 Å². The van der Waals surface area contributed by atoms with E-state index in [2.05, 4.69) is 10.1 Å². The van der Waals surface area contributed by atoms with Crippen molar-refractivity contribution in [3.63, 3.8) is 0 Å². The molecule has 0 fully saturated rings. The third kappa shape index (κ3) is 6.48. The first-order chi connectivity index (χ1) is 13.8. The molecule has 160 valence electrons. The van der Waals surface area contributed by atoms with Crippen LogP contribution in [0.25, 0.3) is 0 Å². The summed E-state index contributed by atoms with van der Waals surface area (Å²) in [6, 6.07) is 1.34. The average Bonchev–Trinajstić information content (AvgIpc) is 2.65. The van der Waals surface area contributed by atoms with Crippen molar-refractivity contribution in [2.45, 2.75) is 57.0 Å². The smallest absolute Gasteiger partial charge is 0.418 e. The second-order valence-corrected chi connectivity index (χ2v) is 7.87. The molecule has 0 aliphatic heterocycles. The number of rotatable bonds is 9. The lowest BCUT2D eigenvalue weighted by Crippen LogP contribution is -2.25. The number of aliphatic hydroxyl groups is 1. The highest BCUT2D eigenvalue weighted by Crippen LogP contribution is 2.37. The van der Waals surface area contributed by atoms with Gasteiger partial charge in [-0.05, 0) is 37.5 Å². The Hall–Kier alpha value is -2.03. The number of aromatic nitrogens is 1. The van der Waals surface area contributed by atoms with Crippen LogP contribution in [0.1, 0.15) is 51.5 Å². The highest BCUT2D eigenvalue weighted by Gasteiger charge is 2.34. The van der Waals surface area contributed by atoms with E-state index >= 15 is 0 Å². The van der Waals surface area contributed by atoms with Gasteiger partial charge in [-0.3, -0.25) is 9.78 Å². The molecule has 9 heteroatoms. The number of ketones is 1. The maximum atomic E-state index is 13.0. The van der Waals surface area contributed by atoms with Crippen molar-refractivity contribution in [2.75, 3.05) is 12.4 Å². The molecule has 1 unspecified atom stereocenters. The van der Waals surface area contributed by atoms with Crippen molar-refractivity contribution in [2.24, 2.45) is 11.1 Å². The van der Waals surface area contributed by atoms with Crippen LogP contribution in [0.4, 0.5) is 13.2 Å².